The maximum atomic E-state index is 6.08. The van der Waals surface area contributed by atoms with E-state index in [4.69, 9.17) is 5.73 Å². The molecule has 1 nitrogen and oxygen atoms in total. The predicted octanol–water partition coefficient (Wildman–Crippen LogP) is 3.75. The van der Waals surface area contributed by atoms with Gasteiger partial charge in [0.25, 0.3) is 0 Å². The largest absolute Gasteiger partial charge is 0.327 e. The number of nitrogens with two attached hydrogens (primary N) is 1. The van der Waals surface area contributed by atoms with E-state index in [0.29, 0.717) is 6.04 Å². The SMILES string of the molecule is Cc1cccc(CSCCC2CCCC2N)c1. The van der Waals surface area contributed by atoms with E-state index in [1.807, 2.05) is 11.8 Å². The van der Waals surface area contributed by atoms with E-state index in [-0.39, 0.29) is 0 Å². The van der Waals surface area contributed by atoms with Gasteiger partial charge in [0.15, 0.2) is 0 Å². The molecule has 0 amide bonds. The molecule has 2 rings (SSSR count). The lowest BCUT2D eigenvalue weighted by molar-refractivity contribution is 0.470. The first-order valence-electron chi connectivity index (χ1n) is 6.64. The highest BCUT2D eigenvalue weighted by molar-refractivity contribution is 7.98. The highest BCUT2D eigenvalue weighted by Gasteiger charge is 2.22. The Morgan fingerprint density at radius 3 is 2.94 bits per heavy atom. The molecule has 1 fully saturated rings. The van der Waals surface area contributed by atoms with Crippen molar-refractivity contribution in [1.29, 1.82) is 0 Å². The molecule has 0 radical (unpaired) electrons. The Balaban J connectivity index is 1.66. The van der Waals surface area contributed by atoms with Gasteiger partial charge in [0, 0.05) is 11.8 Å². The molecule has 0 aliphatic heterocycles. The summed E-state index contributed by atoms with van der Waals surface area (Å²) in [5, 5.41) is 0. The van der Waals surface area contributed by atoms with Gasteiger partial charge in [-0.15, -0.1) is 0 Å². The summed E-state index contributed by atoms with van der Waals surface area (Å²) in [7, 11) is 0. The van der Waals surface area contributed by atoms with Crippen LogP contribution in [0.15, 0.2) is 24.3 Å². The number of aryl methyl sites for hydroxylation is 1. The Morgan fingerprint density at radius 1 is 1.35 bits per heavy atom. The van der Waals surface area contributed by atoms with Gasteiger partial charge in [-0.05, 0) is 43.4 Å². The fraction of sp³-hybridized carbons (Fsp3) is 0.600. The van der Waals surface area contributed by atoms with E-state index in [9.17, 15) is 0 Å². The van der Waals surface area contributed by atoms with Crippen molar-refractivity contribution >= 4 is 11.8 Å². The summed E-state index contributed by atoms with van der Waals surface area (Å²) in [6, 6.07) is 9.30. The zero-order valence-electron chi connectivity index (χ0n) is 10.7. The van der Waals surface area contributed by atoms with Crippen LogP contribution in [0.5, 0.6) is 0 Å². The lowest BCUT2D eigenvalue weighted by atomic mass is 10.0. The molecule has 2 atom stereocenters. The van der Waals surface area contributed by atoms with Gasteiger partial charge in [-0.25, -0.2) is 0 Å². The van der Waals surface area contributed by atoms with E-state index < -0.39 is 0 Å². The van der Waals surface area contributed by atoms with Gasteiger partial charge >= 0.3 is 0 Å². The maximum absolute atomic E-state index is 6.08. The van der Waals surface area contributed by atoms with Crippen molar-refractivity contribution in [2.45, 2.75) is 44.4 Å². The predicted molar refractivity (Wildman–Crippen MR) is 77.3 cm³/mol. The summed E-state index contributed by atoms with van der Waals surface area (Å²) in [5.41, 5.74) is 8.89. The highest BCUT2D eigenvalue weighted by Crippen LogP contribution is 2.28. The van der Waals surface area contributed by atoms with Crippen LogP contribution < -0.4 is 5.73 Å². The molecule has 1 saturated carbocycles. The smallest absolute Gasteiger partial charge is 0.0184 e. The van der Waals surface area contributed by atoms with Crippen molar-refractivity contribution in [3.8, 4) is 0 Å². The topological polar surface area (TPSA) is 26.0 Å². The monoisotopic (exact) mass is 249 g/mol. The highest BCUT2D eigenvalue weighted by atomic mass is 32.2. The zero-order valence-corrected chi connectivity index (χ0v) is 11.5. The van der Waals surface area contributed by atoms with Crippen LogP contribution in [0.25, 0.3) is 0 Å². The number of benzene rings is 1. The standard InChI is InChI=1S/C15H23NS/c1-12-4-2-5-13(10-12)11-17-9-8-14-6-3-7-15(14)16/h2,4-5,10,14-15H,3,6-9,11,16H2,1H3. The minimum Gasteiger partial charge on any atom is -0.327 e. The summed E-state index contributed by atoms with van der Waals surface area (Å²) in [4.78, 5) is 0. The Labute approximate surface area is 109 Å². The van der Waals surface area contributed by atoms with Crippen molar-refractivity contribution in [2.24, 2.45) is 11.7 Å². The van der Waals surface area contributed by atoms with Crippen molar-refractivity contribution in [3.63, 3.8) is 0 Å². The van der Waals surface area contributed by atoms with Crippen LogP contribution in [0, 0.1) is 12.8 Å². The van der Waals surface area contributed by atoms with Gasteiger partial charge in [0.2, 0.25) is 0 Å². The van der Waals surface area contributed by atoms with Crippen LogP contribution in [-0.2, 0) is 5.75 Å². The Kier molecular flexibility index (Phi) is 4.93. The molecule has 0 aromatic heterocycles. The molecule has 0 saturated heterocycles. The second-order valence-corrected chi connectivity index (χ2v) is 6.29. The molecular weight excluding hydrogens is 226 g/mol. The minimum absolute atomic E-state index is 0.481. The van der Waals surface area contributed by atoms with Crippen LogP contribution >= 0.6 is 11.8 Å². The second kappa shape index (κ2) is 6.46. The number of thioether (sulfide) groups is 1. The first kappa shape index (κ1) is 13.0. The van der Waals surface area contributed by atoms with Crippen LogP contribution in [0.4, 0.5) is 0 Å². The molecule has 2 unspecified atom stereocenters. The lowest BCUT2D eigenvalue weighted by Crippen LogP contribution is -2.24. The second-order valence-electron chi connectivity index (χ2n) is 5.19. The molecule has 2 N–H and O–H groups in total. The van der Waals surface area contributed by atoms with Gasteiger partial charge in [-0.1, -0.05) is 36.2 Å². The third kappa shape index (κ3) is 4.04. The fourth-order valence-electron chi connectivity index (χ4n) is 2.65. The molecule has 0 bridgehead atoms. The quantitative estimate of drug-likeness (QED) is 0.804. The van der Waals surface area contributed by atoms with Gasteiger partial charge in [-0.2, -0.15) is 11.8 Å². The van der Waals surface area contributed by atoms with Crippen molar-refractivity contribution in [3.05, 3.63) is 35.4 Å². The lowest BCUT2D eigenvalue weighted by Gasteiger charge is -2.14. The van der Waals surface area contributed by atoms with E-state index in [2.05, 4.69) is 31.2 Å². The molecule has 0 spiro atoms. The van der Waals surface area contributed by atoms with Gasteiger partial charge in [0.05, 0.1) is 0 Å². The van der Waals surface area contributed by atoms with Crippen molar-refractivity contribution in [1.82, 2.24) is 0 Å². The molecule has 1 aliphatic carbocycles. The van der Waals surface area contributed by atoms with Crippen LogP contribution in [0.3, 0.4) is 0 Å². The van der Waals surface area contributed by atoms with E-state index in [0.717, 1.165) is 11.7 Å². The minimum atomic E-state index is 0.481. The third-order valence-electron chi connectivity index (χ3n) is 3.70. The number of hydrogen-bond donors (Lipinski definition) is 1. The average molecular weight is 249 g/mol. The molecule has 0 heterocycles. The van der Waals surface area contributed by atoms with Gasteiger partial charge < -0.3 is 5.73 Å². The first-order valence-corrected chi connectivity index (χ1v) is 7.80. The molecule has 2 heteroatoms. The van der Waals surface area contributed by atoms with E-state index in [1.54, 1.807) is 0 Å². The molecular formula is C15H23NS. The van der Waals surface area contributed by atoms with Crippen molar-refractivity contribution in [2.75, 3.05) is 5.75 Å². The molecule has 1 aromatic rings. The molecule has 1 aromatic carbocycles. The van der Waals surface area contributed by atoms with Crippen LogP contribution in [-0.4, -0.2) is 11.8 Å². The Morgan fingerprint density at radius 2 is 2.24 bits per heavy atom. The normalized spacial score (nSPS) is 24.1. The van der Waals surface area contributed by atoms with E-state index in [1.165, 1.54) is 42.6 Å². The number of hydrogen-bond acceptors (Lipinski definition) is 2. The Bertz CT molecular complexity index is 351. The zero-order chi connectivity index (χ0) is 12.1. The third-order valence-corrected chi connectivity index (χ3v) is 4.76. The Hall–Kier alpha value is -0.470. The molecule has 1 aliphatic rings. The van der Waals surface area contributed by atoms with Gasteiger partial charge in [-0.3, -0.25) is 0 Å². The number of rotatable bonds is 5. The van der Waals surface area contributed by atoms with Crippen molar-refractivity contribution < 1.29 is 0 Å². The fourth-order valence-corrected chi connectivity index (χ4v) is 3.68. The summed E-state index contributed by atoms with van der Waals surface area (Å²) < 4.78 is 0. The summed E-state index contributed by atoms with van der Waals surface area (Å²) in [6.45, 7) is 2.16. The van der Waals surface area contributed by atoms with E-state index >= 15 is 0 Å². The molecule has 94 valence electrons. The summed E-state index contributed by atoms with van der Waals surface area (Å²) >= 11 is 2.05. The molecule has 17 heavy (non-hydrogen) atoms. The van der Waals surface area contributed by atoms with Crippen LogP contribution in [0.2, 0.25) is 0 Å². The average Bonchev–Trinajstić information content (AvgIpc) is 2.71. The first-order chi connectivity index (χ1) is 8.25. The van der Waals surface area contributed by atoms with Crippen LogP contribution in [0.1, 0.15) is 36.8 Å². The summed E-state index contributed by atoms with van der Waals surface area (Å²) in [5.74, 6) is 3.19. The van der Waals surface area contributed by atoms with Gasteiger partial charge in [0.1, 0.15) is 0 Å². The summed E-state index contributed by atoms with van der Waals surface area (Å²) in [6.07, 6.45) is 5.24. The maximum Gasteiger partial charge on any atom is 0.0184 e.